The molecule has 1 amide bonds. The number of carbonyl (C=O) groups excluding carboxylic acids is 2. The summed E-state index contributed by atoms with van der Waals surface area (Å²) in [6.45, 7) is 2.22. The minimum Gasteiger partial charge on any atom is -0.493 e. The molecule has 1 saturated heterocycles. The van der Waals surface area contributed by atoms with Crippen molar-refractivity contribution < 1.29 is 23.8 Å². The number of hydrogen-bond acceptors (Lipinski definition) is 5. The molecule has 3 rings (SSSR count). The summed E-state index contributed by atoms with van der Waals surface area (Å²) in [6.07, 6.45) is 10.8. The molecule has 0 aromatic heterocycles. The van der Waals surface area contributed by atoms with Crippen molar-refractivity contribution in [3.8, 4) is 11.5 Å². The monoisotopic (exact) mass is 401 g/mol. The molecule has 0 N–H and O–H groups in total. The van der Waals surface area contributed by atoms with Gasteiger partial charge in [-0.25, -0.2) is 4.79 Å². The van der Waals surface area contributed by atoms with Crippen molar-refractivity contribution in [1.82, 2.24) is 4.90 Å². The van der Waals surface area contributed by atoms with Gasteiger partial charge in [-0.05, 0) is 56.2 Å². The summed E-state index contributed by atoms with van der Waals surface area (Å²) in [4.78, 5) is 26.6. The summed E-state index contributed by atoms with van der Waals surface area (Å²) in [7, 11) is 1.55. The van der Waals surface area contributed by atoms with Crippen LogP contribution in [0.5, 0.6) is 11.5 Å². The second kappa shape index (κ2) is 10.3. The fourth-order valence-corrected chi connectivity index (χ4v) is 4.44. The van der Waals surface area contributed by atoms with Gasteiger partial charge in [0.15, 0.2) is 24.7 Å². The maximum Gasteiger partial charge on any atom is 0.344 e. The van der Waals surface area contributed by atoms with Crippen LogP contribution >= 0.6 is 0 Å². The Labute approximate surface area is 172 Å². The molecule has 6 heteroatoms. The first kappa shape index (κ1) is 21.2. The van der Waals surface area contributed by atoms with Gasteiger partial charge >= 0.3 is 5.97 Å². The number of fused-ring (bicyclic) bond motifs is 1. The largest absolute Gasteiger partial charge is 0.493 e. The quantitative estimate of drug-likeness (QED) is 0.650. The van der Waals surface area contributed by atoms with E-state index in [1.54, 1.807) is 13.2 Å². The molecule has 1 aromatic carbocycles. The highest BCUT2D eigenvalue weighted by molar-refractivity contribution is 5.81. The zero-order chi connectivity index (χ0) is 20.6. The van der Waals surface area contributed by atoms with E-state index in [1.807, 2.05) is 36.1 Å². The first-order valence-electron chi connectivity index (χ1n) is 10.5. The third kappa shape index (κ3) is 5.52. The molecule has 1 aromatic rings. The predicted molar refractivity (Wildman–Crippen MR) is 111 cm³/mol. The van der Waals surface area contributed by atoms with E-state index in [9.17, 15) is 9.59 Å². The Morgan fingerprint density at radius 1 is 1.10 bits per heavy atom. The third-order valence-electron chi connectivity index (χ3n) is 5.81. The number of carbonyl (C=O) groups is 2. The highest BCUT2D eigenvalue weighted by atomic mass is 16.6. The first-order chi connectivity index (χ1) is 14.1. The van der Waals surface area contributed by atoms with Gasteiger partial charge in [0.2, 0.25) is 0 Å². The molecule has 0 radical (unpaired) electrons. The van der Waals surface area contributed by atoms with Crippen molar-refractivity contribution in [1.29, 1.82) is 0 Å². The van der Waals surface area contributed by atoms with E-state index in [1.165, 1.54) is 25.7 Å². The normalized spacial score (nSPS) is 21.5. The Morgan fingerprint density at radius 3 is 2.69 bits per heavy atom. The summed E-state index contributed by atoms with van der Waals surface area (Å²) in [5.74, 6) is 0.961. The lowest BCUT2D eigenvalue weighted by atomic mass is 9.78. The van der Waals surface area contributed by atoms with Crippen molar-refractivity contribution in [3.63, 3.8) is 0 Å². The number of esters is 1. The molecular formula is C23H31NO5. The van der Waals surface area contributed by atoms with Crippen LogP contribution < -0.4 is 9.47 Å². The Kier molecular flexibility index (Phi) is 7.55. The van der Waals surface area contributed by atoms with Crippen molar-refractivity contribution in [2.24, 2.45) is 5.92 Å². The number of likely N-dealkylation sites (tertiary alicyclic amines) is 1. The minimum absolute atomic E-state index is 0.0942. The summed E-state index contributed by atoms with van der Waals surface area (Å²) in [5, 5.41) is 0. The van der Waals surface area contributed by atoms with Gasteiger partial charge in [-0.1, -0.05) is 31.1 Å². The zero-order valence-electron chi connectivity index (χ0n) is 17.4. The van der Waals surface area contributed by atoms with Crippen LogP contribution in [0.4, 0.5) is 0 Å². The molecule has 158 valence electrons. The van der Waals surface area contributed by atoms with E-state index in [4.69, 9.17) is 14.2 Å². The number of ether oxygens (including phenoxy) is 3. The zero-order valence-corrected chi connectivity index (χ0v) is 17.4. The lowest BCUT2D eigenvalue weighted by molar-refractivity contribution is -0.156. The molecule has 6 nitrogen and oxygen atoms in total. The molecule has 1 aliphatic carbocycles. The van der Waals surface area contributed by atoms with Crippen LogP contribution in [0.15, 0.2) is 24.3 Å². The summed E-state index contributed by atoms with van der Waals surface area (Å²) < 4.78 is 16.0. The molecular weight excluding hydrogens is 370 g/mol. The standard InChI is InChI=1S/C23H31NO5/c1-3-7-17-11-12-20(21(14-17)27-2)28-16-23(26)29-15-22(25)24-13-6-9-18-8-4-5-10-19(18)24/h3,7,11-12,14,18-19H,4-6,8-10,13,15-16H2,1-2H3/b7-3+/t18-,19+/m0/s1. The van der Waals surface area contributed by atoms with Gasteiger partial charge < -0.3 is 19.1 Å². The Hall–Kier alpha value is -2.50. The molecule has 0 unspecified atom stereocenters. The van der Waals surface area contributed by atoms with E-state index in [-0.39, 0.29) is 19.1 Å². The van der Waals surface area contributed by atoms with Gasteiger partial charge in [0, 0.05) is 12.6 Å². The lowest BCUT2D eigenvalue weighted by Crippen LogP contribution is -2.51. The SMILES string of the molecule is C/C=C/c1ccc(OCC(=O)OCC(=O)N2CCC[C@@H]3CCCC[C@H]32)c(OC)c1. The molecule has 1 saturated carbocycles. The van der Waals surface area contributed by atoms with Crippen LogP contribution in [0.2, 0.25) is 0 Å². The van der Waals surface area contributed by atoms with Gasteiger partial charge in [-0.2, -0.15) is 0 Å². The first-order valence-corrected chi connectivity index (χ1v) is 10.5. The summed E-state index contributed by atoms with van der Waals surface area (Å²) in [6, 6.07) is 5.79. The predicted octanol–water partition coefficient (Wildman–Crippen LogP) is 3.83. The van der Waals surface area contributed by atoms with E-state index >= 15 is 0 Å². The van der Waals surface area contributed by atoms with Gasteiger partial charge in [-0.15, -0.1) is 0 Å². The average Bonchev–Trinajstić information content (AvgIpc) is 2.76. The van der Waals surface area contributed by atoms with Crippen LogP contribution in [-0.4, -0.2) is 49.7 Å². The molecule has 29 heavy (non-hydrogen) atoms. The number of rotatable bonds is 7. The van der Waals surface area contributed by atoms with Gasteiger partial charge in [-0.3, -0.25) is 4.79 Å². The maximum absolute atomic E-state index is 12.6. The number of methoxy groups -OCH3 is 1. The molecule has 2 atom stereocenters. The van der Waals surface area contributed by atoms with Crippen molar-refractivity contribution in [2.75, 3.05) is 26.9 Å². The highest BCUT2D eigenvalue weighted by Gasteiger charge is 2.35. The van der Waals surface area contributed by atoms with Crippen molar-refractivity contribution in [2.45, 2.75) is 51.5 Å². The fourth-order valence-electron chi connectivity index (χ4n) is 4.44. The molecule has 0 spiro atoms. The topological polar surface area (TPSA) is 65.1 Å². The number of nitrogens with zero attached hydrogens (tertiary/aromatic N) is 1. The van der Waals surface area contributed by atoms with Gasteiger partial charge in [0.25, 0.3) is 5.91 Å². The smallest absolute Gasteiger partial charge is 0.344 e. The minimum atomic E-state index is -0.560. The van der Waals surface area contributed by atoms with Crippen molar-refractivity contribution in [3.05, 3.63) is 29.8 Å². The van der Waals surface area contributed by atoms with E-state index < -0.39 is 5.97 Å². The average molecular weight is 402 g/mol. The molecule has 2 fully saturated rings. The summed E-state index contributed by atoms with van der Waals surface area (Å²) >= 11 is 0. The lowest BCUT2D eigenvalue weighted by Gasteiger charge is -2.44. The van der Waals surface area contributed by atoms with Gasteiger partial charge in [0.05, 0.1) is 7.11 Å². The molecule has 0 bridgehead atoms. The summed E-state index contributed by atoms with van der Waals surface area (Å²) in [5.41, 5.74) is 0.979. The van der Waals surface area contributed by atoms with E-state index in [0.29, 0.717) is 23.5 Å². The Balaban J connectivity index is 1.48. The molecule has 1 heterocycles. The second-order valence-electron chi connectivity index (χ2n) is 7.70. The number of allylic oxidation sites excluding steroid dienone is 1. The van der Waals surface area contributed by atoms with Crippen LogP contribution in [0, 0.1) is 5.92 Å². The van der Waals surface area contributed by atoms with Crippen molar-refractivity contribution >= 4 is 18.0 Å². The third-order valence-corrected chi connectivity index (χ3v) is 5.81. The number of hydrogen-bond donors (Lipinski definition) is 0. The molecule has 1 aliphatic heterocycles. The van der Waals surface area contributed by atoms with Crippen LogP contribution in [0.3, 0.4) is 0 Å². The number of benzene rings is 1. The number of amides is 1. The van der Waals surface area contributed by atoms with Crippen LogP contribution in [-0.2, 0) is 14.3 Å². The Morgan fingerprint density at radius 2 is 1.90 bits per heavy atom. The van der Waals surface area contributed by atoms with Crippen LogP contribution in [0.25, 0.3) is 6.08 Å². The highest BCUT2D eigenvalue weighted by Crippen LogP contribution is 2.35. The maximum atomic E-state index is 12.6. The second-order valence-corrected chi connectivity index (χ2v) is 7.70. The van der Waals surface area contributed by atoms with Gasteiger partial charge in [0.1, 0.15) is 0 Å². The number of piperidine rings is 1. The van der Waals surface area contributed by atoms with Crippen LogP contribution in [0.1, 0.15) is 51.0 Å². The van der Waals surface area contributed by atoms with E-state index in [2.05, 4.69) is 0 Å². The van der Waals surface area contributed by atoms with E-state index in [0.717, 1.165) is 24.9 Å². The Bertz CT molecular complexity index is 743. The fraction of sp³-hybridized carbons (Fsp3) is 0.565. The molecule has 2 aliphatic rings.